The van der Waals surface area contributed by atoms with E-state index >= 15 is 0 Å². The predicted molar refractivity (Wildman–Crippen MR) is 62.3 cm³/mol. The fourth-order valence-corrected chi connectivity index (χ4v) is 1.35. The maximum Gasteiger partial charge on any atom is 0.339 e. The fourth-order valence-electron chi connectivity index (χ4n) is 1.35. The molecule has 0 bridgehead atoms. The molecule has 0 aliphatic rings. The highest BCUT2D eigenvalue weighted by Crippen LogP contribution is 2.13. The van der Waals surface area contributed by atoms with Gasteiger partial charge in [0.1, 0.15) is 17.2 Å². The van der Waals surface area contributed by atoms with Crippen molar-refractivity contribution in [1.29, 1.82) is 0 Å². The van der Waals surface area contributed by atoms with Crippen LogP contribution in [0, 0.1) is 5.82 Å². The number of nitrogens with zero attached hydrogens (tertiary/aromatic N) is 1. The summed E-state index contributed by atoms with van der Waals surface area (Å²) in [7, 11) is 3.05. The summed E-state index contributed by atoms with van der Waals surface area (Å²) < 4.78 is 22.9. The third-order valence-corrected chi connectivity index (χ3v) is 2.27. The van der Waals surface area contributed by atoms with Crippen LogP contribution in [0.25, 0.3) is 0 Å². The van der Waals surface area contributed by atoms with Gasteiger partial charge < -0.3 is 19.9 Å². The van der Waals surface area contributed by atoms with Gasteiger partial charge in [0.2, 0.25) is 0 Å². The molecule has 18 heavy (non-hydrogen) atoms. The van der Waals surface area contributed by atoms with Crippen LogP contribution in [-0.4, -0.2) is 49.5 Å². The van der Waals surface area contributed by atoms with Crippen LogP contribution >= 0.6 is 0 Å². The average molecular weight is 258 g/mol. The van der Waals surface area contributed by atoms with Crippen molar-refractivity contribution >= 4 is 11.8 Å². The molecule has 7 heteroatoms. The summed E-state index contributed by atoms with van der Waals surface area (Å²) in [6.45, 7) is 0.663. The molecule has 1 aromatic rings. The summed E-state index contributed by atoms with van der Waals surface area (Å²) in [5.74, 6) is -1.84. The number of anilines is 1. The lowest BCUT2D eigenvalue weighted by atomic mass is 10.2. The Kier molecular flexibility index (Phi) is 5.47. The number of hydrogen-bond donors (Lipinski definition) is 2. The number of hydrogen-bond acceptors (Lipinski definition) is 5. The van der Waals surface area contributed by atoms with Crippen molar-refractivity contribution in [3.05, 3.63) is 23.6 Å². The minimum atomic E-state index is -1.25. The maximum absolute atomic E-state index is 12.9. The number of carboxylic acids is 1. The number of aromatic carboxylic acids is 1. The number of pyridine rings is 1. The molecule has 1 atom stereocenters. The Labute approximate surface area is 104 Å². The first-order chi connectivity index (χ1) is 8.58. The van der Waals surface area contributed by atoms with E-state index in [-0.39, 0.29) is 17.5 Å². The second kappa shape index (κ2) is 6.87. The summed E-state index contributed by atoms with van der Waals surface area (Å²) in [5, 5.41) is 11.7. The van der Waals surface area contributed by atoms with Gasteiger partial charge in [-0.2, -0.15) is 0 Å². The summed E-state index contributed by atoms with van der Waals surface area (Å²) in [6.07, 6.45) is 0.705. The lowest BCUT2D eigenvalue weighted by molar-refractivity contribution is 0.0365. The average Bonchev–Trinajstić information content (AvgIpc) is 2.35. The van der Waals surface area contributed by atoms with Gasteiger partial charge in [-0.3, -0.25) is 0 Å². The van der Waals surface area contributed by atoms with Crippen LogP contribution in [0.15, 0.2) is 12.3 Å². The number of methoxy groups -OCH3 is 2. The molecule has 1 unspecified atom stereocenters. The number of halogens is 1. The van der Waals surface area contributed by atoms with Crippen LogP contribution in [0.5, 0.6) is 0 Å². The standard InChI is InChI=1S/C11H15FN2O4/c1-17-6-8(18-2)5-14-10-9(11(15)16)3-7(12)4-13-10/h3-4,8H,5-6H2,1-2H3,(H,13,14)(H,15,16). The third kappa shape index (κ3) is 3.94. The highest BCUT2D eigenvalue weighted by atomic mass is 19.1. The normalized spacial score (nSPS) is 12.2. The van der Waals surface area contributed by atoms with Crippen LogP contribution < -0.4 is 5.32 Å². The highest BCUT2D eigenvalue weighted by molar-refractivity contribution is 5.93. The van der Waals surface area contributed by atoms with Crippen molar-refractivity contribution in [1.82, 2.24) is 4.98 Å². The van der Waals surface area contributed by atoms with Crippen molar-refractivity contribution in [2.75, 3.05) is 32.7 Å². The molecule has 0 saturated heterocycles. The Hall–Kier alpha value is -1.73. The van der Waals surface area contributed by atoms with E-state index in [1.165, 1.54) is 14.2 Å². The van der Waals surface area contributed by atoms with Crippen molar-refractivity contribution in [3.63, 3.8) is 0 Å². The molecular formula is C11H15FN2O4. The van der Waals surface area contributed by atoms with Crippen LogP contribution in [-0.2, 0) is 9.47 Å². The van der Waals surface area contributed by atoms with E-state index in [9.17, 15) is 9.18 Å². The monoisotopic (exact) mass is 258 g/mol. The second-order valence-electron chi connectivity index (χ2n) is 3.55. The zero-order valence-corrected chi connectivity index (χ0v) is 10.1. The molecular weight excluding hydrogens is 243 g/mol. The molecule has 1 rings (SSSR count). The largest absolute Gasteiger partial charge is 0.478 e. The Morgan fingerprint density at radius 2 is 2.33 bits per heavy atom. The maximum atomic E-state index is 12.9. The summed E-state index contributed by atoms with van der Waals surface area (Å²) in [6, 6.07) is 0.912. The van der Waals surface area contributed by atoms with Gasteiger partial charge in [0, 0.05) is 20.8 Å². The minimum Gasteiger partial charge on any atom is -0.478 e. The van der Waals surface area contributed by atoms with E-state index in [1.807, 2.05) is 0 Å². The number of aromatic nitrogens is 1. The smallest absolute Gasteiger partial charge is 0.339 e. The predicted octanol–water partition coefficient (Wildman–Crippen LogP) is 0.992. The van der Waals surface area contributed by atoms with Crippen LogP contribution in [0.2, 0.25) is 0 Å². The van der Waals surface area contributed by atoms with Gasteiger partial charge in [-0.15, -0.1) is 0 Å². The summed E-state index contributed by atoms with van der Waals surface area (Å²) in [5.41, 5.74) is -0.220. The molecule has 0 fully saturated rings. The quantitative estimate of drug-likeness (QED) is 0.759. The van der Waals surface area contributed by atoms with Gasteiger partial charge in [-0.1, -0.05) is 0 Å². The molecule has 0 saturated carbocycles. The Balaban J connectivity index is 2.74. The molecule has 1 aromatic heterocycles. The number of ether oxygens (including phenoxy) is 2. The van der Waals surface area contributed by atoms with Crippen molar-refractivity contribution < 1.29 is 23.8 Å². The summed E-state index contributed by atoms with van der Waals surface area (Å²) >= 11 is 0. The number of rotatable bonds is 7. The Morgan fingerprint density at radius 3 is 2.89 bits per heavy atom. The molecule has 0 amide bonds. The van der Waals surface area contributed by atoms with Crippen molar-refractivity contribution in [2.45, 2.75) is 6.10 Å². The molecule has 2 N–H and O–H groups in total. The van der Waals surface area contributed by atoms with E-state index in [0.717, 1.165) is 12.3 Å². The minimum absolute atomic E-state index is 0.0991. The molecule has 0 spiro atoms. The second-order valence-corrected chi connectivity index (χ2v) is 3.55. The van der Waals surface area contributed by atoms with Crippen LogP contribution in [0.3, 0.4) is 0 Å². The third-order valence-electron chi connectivity index (χ3n) is 2.27. The van der Waals surface area contributed by atoms with Gasteiger partial charge in [0.15, 0.2) is 0 Å². The lowest BCUT2D eigenvalue weighted by Crippen LogP contribution is -2.27. The topological polar surface area (TPSA) is 80.7 Å². The van der Waals surface area contributed by atoms with Gasteiger partial charge in [-0.25, -0.2) is 14.2 Å². The first kappa shape index (κ1) is 14.3. The molecule has 0 aliphatic carbocycles. The van der Waals surface area contributed by atoms with E-state index in [4.69, 9.17) is 14.6 Å². The van der Waals surface area contributed by atoms with Gasteiger partial charge in [0.05, 0.1) is 18.9 Å². The molecule has 100 valence electrons. The Morgan fingerprint density at radius 1 is 1.61 bits per heavy atom. The lowest BCUT2D eigenvalue weighted by Gasteiger charge is -2.16. The van der Waals surface area contributed by atoms with Gasteiger partial charge in [0.25, 0.3) is 0 Å². The fraction of sp³-hybridized carbons (Fsp3) is 0.455. The first-order valence-corrected chi connectivity index (χ1v) is 5.23. The SMILES string of the molecule is COCC(CNc1ncc(F)cc1C(=O)O)OC. The van der Waals surface area contributed by atoms with Crippen molar-refractivity contribution in [2.24, 2.45) is 0 Å². The van der Waals surface area contributed by atoms with Gasteiger partial charge in [-0.05, 0) is 6.07 Å². The highest BCUT2D eigenvalue weighted by Gasteiger charge is 2.14. The van der Waals surface area contributed by atoms with Crippen molar-refractivity contribution in [3.8, 4) is 0 Å². The van der Waals surface area contributed by atoms with E-state index in [2.05, 4.69) is 10.3 Å². The summed E-state index contributed by atoms with van der Waals surface area (Å²) in [4.78, 5) is 14.6. The first-order valence-electron chi connectivity index (χ1n) is 5.23. The van der Waals surface area contributed by atoms with E-state index in [0.29, 0.717) is 13.2 Å². The molecule has 0 radical (unpaired) electrons. The van der Waals surface area contributed by atoms with E-state index in [1.54, 1.807) is 0 Å². The molecule has 1 heterocycles. The number of nitrogens with one attached hydrogen (secondary N) is 1. The van der Waals surface area contributed by atoms with Crippen LogP contribution in [0.1, 0.15) is 10.4 Å². The van der Waals surface area contributed by atoms with Gasteiger partial charge >= 0.3 is 5.97 Å². The number of carboxylic acid groups (broad SMARTS) is 1. The molecule has 6 nitrogen and oxygen atoms in total. The van der Waals surface area contributed by atoms with E-state index < -0.39 is 11.8 Å². The zero-order valence-electron chi connectivity index (χ0n) is 10.1. The molecule has 0 aliphatic heterocycles. The number of carbonyl (C=O) groups is 1. The Bertz CT molecular complexity index is 414. The molecule has 0 aromatic carbocycles. The zero-order chi connectivity index (χ0) is 13.5. The van der Waals surface area contributed by atoms with Crippen LogP contribution in [0.4, 0.5) is 10.2 Å².